The van der Waals surface area contributed by atoms with Gasteiger partial charge in [0.2, 0.25) is 5.88 Å². The van der Waals surface area contributed by atoms with Gasteiger partial charge in [-0.3, -0.25) is 0 Å². The maximum absolute atomic E-state index is 12.7. The number of rotatable bonds is 3. The monoisotopic (exact) mass is 355 g/mol. The fraction of sp³-hybridized carbons (Fsp3) is 0.0526. The van der Waals surface area contributed by atoms with Crippen LogP contribution in [0.1, 0.15) is 5.56 Å². The maximum Gasteiger partial charge on any atom is 0.416 e. The van der Waals surface area contributed by atoms with E-state index in [0.717, 1.165) is 23.3 Å². The smallest absolute Gasteiger partial charge is 0.416 e. The van der Waals surface area contributed by atoms with Crippen LogP contribution in [0, 0.1) is 0 Å². The van der Waals surface area contributed by atoms with Crippen molar-refractivity contribution in [2.24, 2.45) is 0 Å². The largest absolute Gasteiger partial charge is 0.438 e. The lowest BCUT2D eigenvalue weighted by molar-refractivity contribution is -0.137. The number of aromatic nitrogens is 3. The summed E-state index contributed by atoms with van der Waals surface area (Å²) in [5.74, 6) is 0.556. The molecule has 0 aliphatic carbocycles. The molecule has 0 aliphatic heterocycles. The van der Waals surface area contributed by atoms with Gasteiger partial charge in [-0.05, 0) is 54.6 Å². The van der Waals surface area contributed by atoms with Crippen LogP contribution < -0.4 is 4.74 Å². The van der Waals surface area contributed by atoms with Gasteiger partial charge >= 0.3 is 6.18 Å². The van der Waals surface area contributed by atoms with Crippen LogP contribution in [0.25, 0.3) is 16.8 Å². The van der Waals surface area contributed by atoms with Gasteiger partial charge < -0.3 is 4.74 Å². The minimum atomic E-state index is -4.38. The minimum absolute atomic E-state index is 0.269. The first-order chi connectivity index (χ1) is 12.5. The van der Waals surface area contributed by atoms with Gasteiger partial charge in [0.25, 0.3) is 0 Å². The average molecular weight is 355 g/mol. The fourth-order valence-corrected chi connectivity index (χ4v) is 2.64. The molecule has 0 saturated heterocycles. The quantitative estimate of drug-likeness (QED) is 0.507. The third-order valence-corrected chi connectivity index (χ3v) is 3.86. The van der Waals surface area contributed by atoms with Crippen LogP contribution in [0.4, 0.5) is 13.2 Å². The molecule has 26 heavy (non-hydrogen) atoms. The van der Waals surface area contributed by atoms with E-state index in [2.05, 4.69) is 10.1 Å². The van der Waals surface area contributed by atoms with Crippen LogP contribution in [0.2, 0.25) is 0 Å². The summed E-state index contributed by atoms with van der Waals surface area (Å²) in [6.07, 6.45) is -1.14. The van der Waals surface area contributed by atoms with Gasteiger partial charge in [0.15, 0.2) is 0 Å². The van der Waals surface area contributed by atoms with Crippen LogP contribution in [0.15, 0.2) is 73.1 Å². The highest BCUT2D eigenvalue weighted by molar-refractivity contribution is 5.68. The summed E-state index contributed by atoms with van der Waals surface area (Å²) in [7, 11) is 0. The van der Waals surface area contributed by atoms with Gasteiger partial charge in [0.1, 0.15) is 5.75 Å². The van der Waals surface area contributed by atoms with Crippen LogP contribution >= 0.6 is 0 Å². The van der Waals surface area contributed by atoms with E-state index in [4.69, 9.17) is 4.74 Å². The molecule has 0 amide bonds. The molecule has 0 bridgehead atoms. The molecule has 3 heterocycles. The van der Waals surface area contributed by atoms with Crippen LogP contribution in [-0.2, 0) is 6.18 Å². The summed E-state index contributed by atoms with van der Waals surface area (Å²) in [5.41, 5.74) is 1.63. The Morgan fingerprint density at radius 2 is 1.65 bits per heavy atom. The lowest BCUT2D eigenvalue weighted by atomic mass is 10.1. The van der Waals surface area contributed by atoms with E-state index in [1.54, 1.807) is 23.0 Å². The Morgan fingerprint density at radius 1 is 0.846 bits per heavy atom. The molecule has 0 radical (unpaired) electrons. The molecule has 0 spiro atoms. The Balaban J connectivity index is 1.72. The Hall–Kier alpha value is -3.35. The summed E-state index contributed by atoms with van der Waals surface area (Å²) in [4.78, 5) is 4.23. The molecule has 4 aromatic rings. The highest BCUT2D eigenvalue weighted by atomic mass is 19.4. The van der Waals surface area contributed by atoms with Gasteiger partial charge in [0.05, 0.1) is 28.5 Å². The second kappa shape index (κ2) is 6.18. The predicted molar refractivity (Wildman–Crippen MR) is 89.9 cm³/mol. The number of halogens is 3. The molecule has 0 fully saturated rings. The fourth-order valence-electron chi connectivity index (χ4n) is 2.64. The normalized spacial score (nSPS) is 11.7. The zero-order chi connectivity index (χ0) is 18.1. The first-order valence-electron chi connectivity index (χ1n) is 7.76. The highest BCUT2D eigenvalue weighted by Gasteiger charge is 2.30. The standard InChI is InChI=1S/C19H12F3N3O/c20-19(21,22)13-6-8-15(9-7-13)26-18-16(4-2-11-23-18)17-5-1-3-14-10-12-24-25(14)17/h1-12H. The molecule has 3 aromatic heterocycles. The molecular weight excluding hydrogens is 343 g/mol. The summed E-state index contributed by atoms with van der Waals surface area (Å²) in [5, 5.41) is 4.29. The van der Waals surface area contributed by atoms with E-state index in [1.165, 1.54) is 12.1 Å². The Kier molecular flexibility index (Phi) is 3.84. The van der Waals surface area contributed by atoms with Gasteiger partial charge in [-0.15, -0.1) is 0 Å². The molecule has 1 aromatic carbocycles. The number of ether oxygens (including phenoxy) is 1. The summed E-state index contributed by atoms with van der Waals surface area (Å²) in [6.45, 7) is 0. The molecule has 0 N–H and O–H groups in total. The first kappa shape index (κ1) is 16.1. The summed E-state index contributed by atoms with van der Waals surface area (Å²) in [6, 6.07) is 15.6. The number of alkyl halides is 3. The number of benzene rings is 1. The average Bonchev–Trinajstić information content (AvgIpc) is 3.11. The van der Waals surface area contributed by atoms with E-state index >= 15 is 0 Å². The van der Waals surface area contributed by atoms with Crippen molar-refractivity contribution in [1.29, 1.82) is 0 Å². The molecular formula is C19H12F3N3O. The van der Waals surface area contributed by atoms with Crippen molar-refractivity contribution in [3.05, 3.63) is 78.6 Å². The van der Waals surface area contributed by atoms with Crippen molar-refractivity contribution < 1.29 is 17.9 Å². The van der Waals surface area contributed by atoms with Crippen LogP contribution in [-0.4, -0.2) is 14.6 Å². The third-order valence-electron chi connectivity index (χ3n) is 3.86. The van der Waals surface area contributed by atoms with Crippen molar-refractivity contribution in [2.45, 2.75) is 6.18 Å². The number of fused-ring (bicyclic) bond motifs is 1. The topological polar surface area (TPSA) is 39.4 Å². The third kappa shape index (κ3) is 2.99. The van der Waals surface area contributed by atoms with E-state index < -0.39 is 11.7 Å². The number of hydrogen-bond acceptors (Lipinski definition) is 3. The maximum atomic E-state index is 12.7. The van der Waals surface area contributed by atoms with Crippen molar-refractivity contribution in [3.63, 3.8) is 0 Å². The lowest BCUT2D eigenvalue weighted by Gasteiger charge is -2.12. The van der Waals surface area contributed by atoms with Crippen molar-refractivity contribution >= 4 is 5.52 Å². The predicted octanol–water partition coefficient (Wildman–Crippen LogP) is 5.21. The van der Waals surface area contributed by atoms with Gasteiger partial charge in [-0.1, -0.05) is 6.07 Å². The summed E-state index contributed by atoms with van der Waals surface area (Å²) >= 11 is 0. The van der Waals surface area contributed by atoms with E-state index in [1.807, 2.05) is 30.3 Å². The van der Waals surface area contributed by atoms with Crippen molar-refractivity contribution in [3.8, 4) is 22.9 Å². The Bertz CT molecular complexity index is 1060. The number of hydrogen-bond donors (Lipinski definition) is 0. The molecule has 0 saturated carbocycles. The number of pyridine rings is 2. The van der Waals surface area contributed by atoms with E-state index in [-0.39, 0.29) is 11.6 Å². The Labute approximate surface area is 146 Å². The zero-order valence-corrected chi connectivity index (χ0v) is 13.3. The molecule has 4 rings (SSSR count). The molecule has 0 atom stereocenters. The lowest BCUT2D eigenvalue weighted by Crippen LogP contribution is -2.04. The zero-order valence-electron chi connectivity index (χ0n) is 13.3. The van der Waals surface area contributed by atoms with Gasteiger partial charge in [-0.2, -0.15) is 18.3 Å². The van der Waals surface area contributed by atoms with Crippen molar-refractivity contribution in [2.75, 3.05) is 0 Å². The second-order valence-corrected chi connectivity index (χ2v) is 5.56. The SMILES string of the molecule is FC(F)(F)c1ccc(Oc2ncccc2-c2cccc3ccnn23)cc1. The second-order valence-electron chi connectivity index (χ2n) is 5.56. The van der Waals surface area contributed by atoms with E-state index in [0.29, 0.717) is 5.56 Å². The van der Waals surface area contributed by atoms with Crippen molar-refractivity contribution in [1.82, 2.24) is 14.6 Å². The molecule has 7 heteroatoms. The molecule has 4 nitrogen and oxygen atoms in total. The van der Waals surface area contributed by atoms with Crippen LogP contribution in [0.3, 0.4) is 0 Å². The van der Waals surface area contributed by atoms with Gasteiger partial charge in [-0.25, -0.2) is 9.50 Å². The molecule has 0 aliphatic rings. The highest BCUT2D eigenvalue weighted by Crippen LogP contribution is 2.34. The van der Waals surface area contributed by atoms with Gasteiger partial charge in [0, 0.05) is 6.20 Å². The van der Waals surface area contributed by atoms with E-state index in [9.17, 15) is 13.2 Å². The Morgan fingerprint density at radius 3 is 2.42 bits per heavy atom. The molecule has 0 unspecified atom stereocenters. The molecule has 130 valence electrons. The van der Waals surface area contributed by atoms with Crippen LogP contribution in [0.5, 0.6) is 11.6 Å². The summed E-state index contributed by atoms with van der Waals surface area (Å²) < 4.78 is 45.5. The number of nitrogens with zero attached hydrogens (tertiary/aromatic N) is 3. The minimum Gasteiger partial charge on any atom is -0.438 e. The first-order valence-corrected chi connectivity index (χ1v) is 7.76.